The molecule has 3 rings (SSSR count). The molecule has 78 valence electrons. The second-order valence-corrected chi connectivity index (χ2v) is 4.87. The van der Waals surface area contributed by atoms with Gasteiger partial charge >= 0.3 is 0 Å². The zero-order chi connectivity index (χ0) is 8.82. The molecule has 1 saturated carbocycles. The third-order valence-corrected chi connectivity index (χ3v) is 3.73. The van der Waals surface area contributed by atoms with Gasteiger partial charge < -0.3 is 10.5 Å². The van der Waals surface area contributed by atoms with Gasteiger partial charge in [-0.15, -0.1) is 12.4 Å². The summed E-state index contributed by atoms with van der Waals surface area (Å²) in [5, 5.41) is 0. The summed E-state index contributed by atoms with van der Waals surface area (Å²) in [6.45, 7) is 5.12. The minimum absolute atomic E-state index is 0. The highest BCUT2D eigenvalue weighted by Crippen LogP contribution is 2.49. The summed E-state index contributed by atoms with van der Waals surface area (Å²) in [7, 11) is 0. The standard InChI is InChI=1S/C10H19NO.ClH/c1-9(2)8-3-5-10(7-11,12-9)6-4-8;/h8H,3-7,11H2,1-2H3;1H. The lowest BCUT2D eigenvalue weighted by Crippen LogP contribution is -2.58. The van der Waals surface area contributed by atoms with E-state index >= 15 is 0 Å². The Hall–Kier alpha value is 0.210. The van der Waals surface area contributed by atoms with Gasteiger partial charge in [0.1, 0.15) is 0 Å². The summed E-state index contributed by atoms with van der Waals surface area (Å²) in [6, 6.07) is 0. The van der Waals surface area contributed by atoms with Gasteiger partial charge in [0.15, 0.2) is 0 Å². The second-order valence-electron chi connectivity index (χ2n) is 4.87. The van der Waals surface area contributed by atoms with Crippen LogP contribution in [-0.4, -0.2) is 17.7 Å². The average molecular weight is 206 g/mol. The van der Waals surface area contributed by atoms with Crippen molar-refractivity contribution in [1.29, 1.82) is 0 Å². The summed E-state index contributed by atoms with van der Waals surface area (Å²) in [4.78, 5) is 0. The van der Waals surface area contributed by atoms with E-state index in [0.29, 0.717) is 6.54 Å². The summed E-state index contributed by atoms with van der Waals surface area (Å²) in [5.74, 6) is 0.769. The van der Waals surface area contributed by atoms with Crippen molar-refractivity contribution in [2.75, 3.05) is 6.54 Å². The van der Waals surface area contributed by atoms with Crippen molar-refractivity contribution in [3.05, 3.63) is 0 Å². The lowest BCUT2D eigenvalue weighted by molar-refractivity contribution is -0.233. The molecule has 3 fully saturated rings. The third kappa shape index (κ3) is 1.72. The van der Waals surface area contributed by atoms with Crippen LogP contribution in [0, 0.1) is 5.92 Å². The van der Waals surface area contributed by atoms with Gasteiger partial charge in [0.2, 0.25) is 0 Å². The Bertz CT molecular complexity index is 185. The Labute approximate surface area is 86.6 Å². The van der Waals surface area contributed by atoms with Crippen LogP contribution in [-0.2, 0) is 4.74 Å². The quantitative estimate of drug-likeness (QED) is 0.712. The molecule has 0 aromatic rings. The zero-order valence-corrected chi connectivity index (χ0v) is 9.32. The first kappa shape index (κ1) is 11.3. The van der Waals surface area contributed by atoms with Gasteiger partial charge in [0.05, 0.1) is 11.2 Å². The minimum atomic E-state index is 0. The fraction of sp³-hybridized carbons (Fsp3) is 1.00. The highest BCUT2D eigenvalue weighted by atomic mass is 35.5. The van der Waals surface area contributed by atoms with Crippen molar-refractivity contribution in [1.82, 2.24) is 0 Å². The van der Waals surface area contributed by atoms with Crippen LogP contribution < -0.4 is 5.73 Å². The van der Waals surface area contributed by atoms with Gasteiger partial charge in [-0.1, -0.05) is 0 Å². The average Bonchev–Trinajstić information content (AvgIpc) is 2.04. The number of ether oxygens (including phenoxy) is 1. The summed E-state index contributed by atoms with van der Waals surface area (Å²) in [6.07, 6.45) is 4.98. The van der Waals surface area contributed by atoms with Crippen LogP contribution in [0.15, 0.2) is 0 Å². The largest absolute Gasteiger partial charge is 0.368 e. The molecule has 3 heteroatoms. The molecule has 2 nitrogen and oxygen atoms in total. The molecule has 0 atom stereocenters. The number of hydrogen-bond acceptors (Lipinski definition) is 2. The maximum Gasteiger partial charge on any atom is 0.0811 e. The molecule has 2 bridgehead atoms. The highest BCUT2D eigenvalue weighted by Gasteiger charge is 2.49. The first-order chi connectivity index (χ1) is 5.58. The molecule has 0 radical (unpaired) electrons. The van der Waals surface area contributed by atoms with Crippen LogP contribution >= 0.6 is 12.4 Å². The maximum atomic E-state index is 6.08. The first-order valence-electron chi connectivity index (χ1n) is 4.98. The van der Waals surface area contributed by atoms with Crippen molar-refractivity contribution in [2.24, 2.45) is 11.7 Å². The molecule has 2 N–H and O–H groups in total. The lowest BCUT2D eigenvalue weighted by atomic mass is 9.68. The molecule has 0 aromatic carbocycles. The molecule has 13 heavy (non-hydrogen) atoms. The third-order valence-electron chi connectivity index (χ3n) is 3.73. The second kappa shape index (κ2) is 3.41. The monoisotopic (exact) mass is 205 g/mol. The summed E-state index contributed by atoms with van der Waals surface area (Å²) in [5.41, 5.74) is 5.89. The van der Waals surface area contributed by atoms with E-state index in [1.54, 1.807) is 0 Å². The van der Waals surface area contributed by atoms with Gasteiger partial charge in [-0.3, -0.25) is 0 Å². The van der Waals surface area contributed by atoms with Gasteiger partial charge in [-0.2, -0.15) is 0 Å². The van der Waals surface area contributed by atoms with Crippen molar-refractivity contribution in [3.63, 3.8) is 0 Å². The molecule has 2 saturated heterocycles. The van der Waals surface area contributed by atoms with E-state index in [2.05, 4.69) is 13.8 Å². The van der Waals surface area contributed by atoms with Gasteiger partial charge in [0.25, 0.3) is 0 Å². The van der Waals surface area contributed by atoms with Crippen molar-refractivity contribution >= 4 is 12.4 Å². The summed E-state index contributed by atoms with van der Waals surface area (Å²) >= 11 is 0. The molecule has 0 amide bonds. The van der Waals surface area contributed by atoms with Crippen molar-refractivity contribution in [2.45, 2.75) is 50.7 Å². The fourth-order valence-corrected chi connectivity index (χ4v) is 2.83. The number of rotatable bonds is 1. The predicted octanol–water partition coefficient (Wildman–Crippen LogP) is 2.10. The van der Waals surface area contributed by atoms with E-state index in [0.717, 1.165) is 5.92 Å². The molecule has 0 aromatic heterocycles. The molecule has 0 spiro atoms. The van der Waals surface area contributed by atoms with E-state index in [1.165, 1.54) is 25.7 Å². The van der Waals surface area contributed by atoms with Crippen LogP contribution in [0.2, 0.25) is 0 Å². The smallest absolute Gasteiger partial charge is 0.0811 e. The van der Waals surface area contributed by atoms with Crippen molar-refractivity contribution in [3.8, 4) is 0 Å². The molecular weight excluding hydrogens is 186 g/mol. The number of nitrogens with two attached hydrogens (primary N) is 1. The van der Waals surface area contributed by atoms with Crippen LogP contribution in [0.3, 0.4) is 0 Å². The zero-order valence-electron chi connectivity index (χ0n) is 8.51. The Morgan fingerprint density at radius 3 is 2.15 bits per heavy atom. The van der Waals surface area contributed by atoms with E-state index in [9.17, 15) is 0 Å². The van der Waals surface area contributed by atoms with E-state index in [4.69, 9.17) is 10.5 Å². The number of fused-ring (bicyclic) bond motifs is 3. The van der Waals surface area contributed by atoms with E-state index < -0.39 is 0 Å². The Balaban J connectivity index is 0.000000845. The minimum Gasteiger partial charge on any atom is -0.368 e. The molecule has 2 heterocycles. The molecule has 0 unspecified atom stereocenters. The molecule has 2 aliphatic heterocycles. The van der Waals surface area contributed by atoms with Crippen LogP contribution in [0.25, 0.3) is 0 Å². The molecule has 1 aliphatic carbocycles. The Kier molecular flexibility index (Phi) is 2.96. The fourth-order valence-electron chi connectivity index (χ4n) is 2.83. The lowest BCUT2D eigenvalue weighted by Gasteiger charge is -2.55. The normalized spacial score (nSPS) is 41.3. The SMILES string of the molecule is CC1(C)OC2(CN)CCC1CC2.Cl. The topological polar surface area (TPSA) is 35.2 Å². The summed E-state index contributed by atoms with van der Waals surface area (Å²) < 4.78 is 6.08. The number of halogens is 1. The van der Waals surface area contributed by atoms with E-state index in [1.807, 2.05) is 0 Å². The molecular formula is C10H20ClNO. The predicted molar refractivity (Wildman–Crippen MR) is 56.2 cm³/mol. The number of hydrogen-bond donors (Lipinski definition) is 1. The van der Waals surface area contributed by atoms with Gasteiger partial charge in [0, 0.05) is 6.54 Å². The van der Waals surface area contributed by atoms with Crippen LogP contribution in [0.1, 0.15) is 39.5 Å². The van der Waals surface area contributed by atoms with Crippen LogP contribution in [0.5, 0.6) is 0 Å². The van der Waals surface area contributed by atoms with Crippen molar-refractivity contribution < 1.29 is 4.74 Å². The Morgan fingerprint density at radius 2 is 1.85 bits per heavy atom. The highest BCUT2D eigenvalue weighted by molar-refractivity contribution is 5.85. The molecule has 3 aliphatic rings. The Morgan fingerprint density at radius 1 is 1.31 bits per heavy atom. The van der Waals surface area contributed by atoms with E-state index in [-0.39, 0.29) is 23.6 Å². The van der Waals surface area contributed by atoms with Crippen LogP contribution in [0.4, 0.5) is 0 Å². The van der Waals surface area contributed by atoms with Gasteiger partial charge in [-0.05, 0) is 45.4 Å². The van der Waals surface area contributed by atoms with Gasteiger partial charge in [-0.25, -0.2) is 0 Å². The maximum absolute atomic E-state index is 6.08. The first-order valence-corrected chi connectivity index (χ1v) is 4.98.